The highest BCUT2D eigenvalue weighted by molar-refractivity contribution is 8.01. The van der Waals surface area contributed by atoms with Crippen LogP contribution in [-0.2, 0) is 27.7 Å². The third kappa shape index (κ3) is 4.16. The zero-order valence-corrected chi connectivity index (χ0v) is 19.4. The van der Waals surface area contributed by atoms with Gasteiger partial charge in [-0.1, -0.05) is 41.2 Å². The molecule has 4 aromatic rings. The number of urea groups is 1. The third-order valence-electron chi connectivity index (χ3n) is 4.81. The van der Waals surface area contributed by atoms with Gasteiger partial charge in [0.1, 0.15) is 0 Å². The number of anilines is 1. The van der Waals surface area contributed by atoms with Crippen LogP contribution >= 0.6 is 23.1 Å². The molecule has 0 fully saturated rings. The van der Waals surface area contributed by atoms with Crippen LogP contribution in [0.4, 0.5) is 9.93 Å². The van der Waals surface area contributed by atoms with Crippen molar-refractivity contribution in [3.63, 3.8) is 0 Å². The van der Waals surface area contributed by atoms with Gasteiger partial charge in [0.2, 0.25) is 5.13 Å². The van der Waals surface area contributed by atoms with Crippen molar-refractivity contribution < 1.29 is 4.79 Å². The zero-order chi connectivity index (χ0) is 23.0. The van der Waals surface area contributed by atoms with E-state index in [1.54, 1.807) is 18.7 Å². The molecule has 4 rings (SSSR count). The van der Waals surface area contributed by atoms with Gasteiger partial charge in [-0.3, -0.25) is 19.2 Å². The number of amides is 2. The predicted octanol–water partition coefficient (Wildman–Crippen LogP) is 1.60. The van der Waals surface area contributed by atoms with Gasteiger partial charge in [0, 0.05) is 27.7 Å². The lowest BCUT2D eigenvalue weighted by Gasteiger charge is -2.05. The summed E-state index contributed by atoms with van der Waals surface area (Å²) in [5.74, 6) is 0. The van der Waals surface area contributed by atoms with Gasteiger partial charge >= 0.3 is 11.7 Å². The number of fused-ring (bicyclic) bond motifs is 1. The fraction of sp³-hybridized carbons (Fsp3) is 0.263. The third-order valence-corrected chi connectivity index (χ3v) is 6.75. The lowest BCUT2D eigenvalue weighted by atomic mass is 10.1. The fourth-order valence-electron chi connectivity index (χ4n) is 3.00. The summed E-state index contributed by atoms with van der Waals surface area (Å²) >= 11 is 2.37. The lowest BCUT2D eigenvalue weighted by Crippen LogP contribution is -2.37. The maximum absolute atomic E-state index is 12.5. The van der Waals surface area contributed by atoms with Crippen LogP contribution in [0.2, 0.25) is 0 Å². The van der Waals surface area contributed by atoms with E-state index in [1.165, 1.54) is 34.7 Å². The van der Waals surface area contributed by atoms with Gasteiger partial charge in [-0.2, -0.15) is 0 Å². The van der Waals surface area contributed by atoms with Crippen molar-refractivity contribution in [1.29, 1.82) is 0 Å². The maximum Gasteiger partial charge on any atom is 0.332 e. The van der Waals surface area contributed by atoms with Gasteiger partial charge in [0.25, 0.3) is 5.56 Å². The number of imidazole rings is 1. The molecule has 0 saturated heterocycles. The van der Waals surface area contributed by atoms with Gasteiger partial charge in [-0.25, -0.2) is 14.6 Å². The second kappa shape index (κ2) is 8.59. The minimum absolute atomic E-state index is 0.293. The van der Waals surface area contributed by atoms with Crippen LogP contribution in [0.3, 0.4) is 0 Å². The van der Waals surface area contributed by atoms with Crippen molar-refractivity contribution in [2.45, 2.75) is 23.0 Å². The quantitative estimate of drug-likeness (QED) is 0.422. The summed E-state index contributed by atoms with van der Waals surface area (Å²) in [5, 5.41) is 14.3. The average Bonchev–Trinajstić information content (AvgIpc) is 3.34. The van der Waals surface area contributed by atoms with Crippen molar-refractivity contribution in [2.75, 3.05) is 5.32 Å². The molecule has 166 valence electrons. The Labute approximate surface area is 190 Å². The van der Waals surface area contributed by atoms with E-state index in [0.29, 0.717) is 32.3 Å². The average molecular weight is 473 g/mol. The van der Waals surface area contributed by atoms with Crippen molar-refractivity contribution >= 4 is 45.4 Å². The van der Waals surface area contributed by atoms with Crippen LogP contribution in [-0.4, -0.2) is 34.9 Å². The molecule has 0 aliphatic heterocycles. The highest BCUT2D eigenvalue weighted by Crippen LogP contribution is 2.32. The number of hydrogen-bond acceptors (Lipinski definition) is 8. The molecule has 0 bridgehead atoms. The lowest BCUT2D eigenvalue weighted by molar-refractivity contribution is 0.251. The van der Waals surface area contributed by atoms with E-state index < -0.39 is 11.2 Å². The Bertz CT molecular complexity index is 1430. The molecule has 13 heteroatoms. The molecule has 3 aromatic heterocycles. The summed E-state index contributed by atoms with van der Waals surface area (Å²) < 4.78 is 4.51. The Balaban J connectivity index is 1.46. The number of nitrogens with one attached hydrogen (secondary N) is 2. The Morgan fingerprint density at radius 1 is 1.06 bits per heavy atom. The molecular formula is C19H20N8O3S2. The molecule has 0 spiro atoms. The number of hydrogen-bond donors (Lipinski definition) is 2. The first kappa shape index (κ1) is 21.8. The molecule has 32 heavy (non-hydrogen) atoms. The number of nitrogens with zero attached hydrogens (tertiary/aromatic N) is 6. The number of aromatic nitrogens is 6. The van der Waals surface area contributed by atoms with Gasteiger partial charge in [-0.05, 0) is 24.2 Å². The summed E-state index contributed by atoms with van der Waals surface area (Å²) in [4.78, 5) is 41.2. The highest BCUT2D eigenvalue weighted by atomic mass is 32.2. The largest absolute Gasteiger partial charge is 0.334 e. The minimum Gasteiger partial charge on any atom is -0.334 e. The van der Waals surface area contributed by atoms with Crippen molar-refractivity contribution in [1.82, 2.24) is 34.2 Å². The molecule has 11 nitrogen and oxygen atoms in total. The highest BCUT2D eigenvalue weighted by Gasteiger charge is 2.19. The van der Waals surface area contributed by atoms with Crippen LogP contribution in [0.25, 0.3) is 11.2 Å². The van der Waals surface area contributed by atoms with E-state index in [9.17, 15) is 14.4 Å². The van der Waals surface area contributed by atoms with E-state index in [2.05, 4.69) is 25.8 Å². The number of rotatable bonds is 5. The molecule has 3 heterocycles. The molecule has 1 aromatic carbocycles. The number of aryl methyl sites for hydroxylation is 3. The van der Waals surface area contributed by atoms with E-state index in [4.69, 9.17) is 0 Å². The Kier molecular flexibility index (Phi) is 5.84. The predicted molar refractivity (Wildman–Crippen MR) is 122 cm³/mol. The zero-order valence-electron chi connectivity index (χ0n) is 17.7. The van der Waals surface area contributed by atoms with Gasteiger partial charge < -0.3 is 9.88 Å². The van der Waals surface area contributed by atoms with Crippen molar-refractivity contribution in [3.05, 3.63) is 56.2 Å². The first-order valence-corrected chi connectivity index (χ1v) is 11.1. The summed E-state index contributed by atoms with van der Waals surface area (Å²) in [7, 11) is 4.69. The minimum atomic E-state index is -0.448. The molecule has 0 radical (unpaired) electrons. The van der Waals surface area contributed by atoms with Gasteiger partial charge in [0.05, 0.1) is 0 Å². The molecule has 0 unspecified atom stereocenters. The number of carbonyl (C=O) groups excluding carboxylic acids is 1. The molecule has 0 atom stereocenters. The summed E-state index contributed by atoms with van der Waals surface area (Å²) in [6.45, 7) is 2.39. The van der Waals surface area contributed by atoms with E-state index >= 15 is 0 Å². The first-order chi connectivity index (χ1) is 15.2. The van der Waals surface area contributed by atoms with Crippen LogP contribution in [0.15, 0.2) is 43.4 Å². The van der Waals surface area contributed by atoms with E-state index in [1.807, 2.05) is 31.2 Å². The summed E-state index contributed by atoms with van der Waals surface area (Å²) in [6, 6.07) is 7.49. The first-order valence-electron chi connectivity index (χ1n) is 9.49. The maximum atomic E-state index is 12.5. The van der Waals surface area contributed by atoms with Crippen molar-refractivity contribution in [3.8, 4) is 0 Å². The van der Waals surface area contributed by atoms with Crippen LogP contribution < -0.4 is 21.9 Å². The summed E-state index contributed by atoms with van der Waals surface area (Å²) in [5.41, 5.74) is 1.88. The fourth-order valence-corrected chi connectivity index (χ4v) is 4.70. The molecular weight excluding hydrogens is 452 g/mol. The smallest absolute Gasteiger partial charge is 0.332 e. The monoisotopic (exact) mass is 472 g/mol. The normalized spacial score (nSPS) is 11.1. The summed E-state index contributed by atoms with van der Waals surface area (Å²) in [6.07, 6.45) is 0. The SMILES string of the molecule is Cc1ccc(CNC(=O)Nc2nnc(Sc3nc4c(c(=O)n(C)c(=O)n4C)n3C)s2)cc1. The van der Waals surface area contributed by atoms with Crippen LogP contribution in [0.5, 0.6) is 0 Å². The standard InChI is InChI=1S/C19H20N8O3S2/c1-10-5-7-11(8-6-10)9-20-15(29)22-16-23-24-18(31-16)32-17-21-13-12(25(17)2)14(28)27(4)19(30)26(13)3/h5-8H,9H2,1-4H3,(H2,20,22,23,29). The topological polar surface area (TPSA) is 129 Å². The number of benzene rings is 1. The Morgan fingerprint density at radius 3 is 2.50 bits per heavy atom. The molecule has 0 aliphatic carbocycles. The van der Waals surface area contributed by atoms with E-state index in [-0.39, 0.29) is 6.03 Å². The van der Waals surface area contributed by atoms with Crippen LogP contribution in [0.1, 0.15) is 11.1 Å². The van der Waals surface area contributed by atoms with E-state index in [0.717, 1.165) is 15.7 Å². The second-order valence-electron chi connectivity index (χ2n) is 7.10. The van der Waals surface area contributed by atoms with Crippen molar-refractivity contribution in [2.24, 2.45) is 21.1 Å². The van der Waals surface area contributed by atoms with Crippen LogP contribution in [0, 0.1) is 6.92 Å². The van der Waals surface area contributed by atoms with Gasteiger partial charge in [-0.15, -0.1) is 10.2 Å². The molecule has 2 amide bonds. The molecule has 0 aliphatic rings. The number of carbonyl (C=O) groups is 1. The van der Waals surface area contributed by atoms with Gasteiger partial charge in [0.15, 0.2) is 20.7 Å². The molecule has 0 saturated carbocycles. The Morgan fingerprint density at radius 2 is 1.78 bits per heavy atom. The molecule has 2 N–H and O–H groups in total. The Hall–Kier alpha value is -3.45. The second-order valence-corrected chi connectivity index (χ2v) is 9.29.